The number of hydrogen-bond acceptors (Lipinski definition) is 4. The van der Waals surface area contributed by atoms with Crippen molar-refractivity contribution in [2.24, 2.45) is 10.7 Å². The third-order valence-corrected chi connectivity index (χ3v) is 2.71. The minimum Gasteiger partial charge on any atom is -0.459 e. The van der Waals surface area contributed by atoms with E-state index in [9.17, 15) is 0 Å². The average Bonchev–Trinajstić information content (AvgIpc) is 2.22. The molecule has 2 N–H and O–H groups in total. The molecule has 0 aromatic rings. The van der Waals surface area contributed by atoms with E-state index in [4.69, 9.17) is 10.5 Å². The number of nitrogens with zero attached hydrogens (tertiary/aromatic N) is 1. The van der Waals surface area contributed by atoms with Gasteiger partial charge in [-0.05, 0) is 0 Å². The molecule has 2 atom stereocenters. The molecule has 2 heterocycles. The number of aliphatic imine (C=N–C) groups is 1. The third-order valence-electron chi connectivity index (χ3n) is 1.57. The Morgan fingerprint density at radius 3 is 3.33 bits per heavy atom. The van der Waals surface area contributed by atoms with Gasteiger partial charge in [0.05, 0.1) is 0 Å². The van der Waals surface area contributed by atoms with Crippen molar-refractivity contribution >= 4 is 17.8 Å². The lowest BCUT2D eigenvalue weighted by atomic mass is 10.2. The van der Waals surface area contributed by atoms with Crippen LogP contribution in [-0.4, -0.2) is 29.7 Å². The van der Waals surface area contributed by atoms with Crippen LogP contribution in [0.15, 0.2) is 4.99 Å². The van der Waals surface area contributed by atoms with Gasteiger partial charge in [0.2, 0.25) is 0 Å². The summed E-state index contributed by atoms with van der Waals surface area (Å²) in [7, 11) is 0. The lowest BCUT2D eigenvalue weighted by Crippen LogP contribution is -2.21. The molecule has 4 heteroatoms. The van der Waals surface area contributed by atoms with Crippen LogP contribution in [-0.2, 0) is 4.74 Å². The third kappa shape index (κ3) is 0.775. The smallest absolute Gasteiger partial charge is 0.282 e. The second-order valence-corrected chi connectivity index (χ2v) is 3.30. The molecule has 2 rings (SSSR count). The Hall–Kier alpha value is -0.380. The van der Waals surface area contributed by atoms with Crippen molar-refractivity contribution in [3.63, 3.8) is 0 Å². The first-order chi connectivity index (χ1) is 4.36. The van der Waals surface area contributed by atoms with Crippen LogP contribution >= 0.6 is 11.8 Å². The maximum atomic E-state index is 5.34. The lowest BCUT2D eigenvalue weighted by molar-refractivity contribution is 0.228. The van der Waals surface area contributed by atoms with Gasteiger partial charge in [-0.2, -0.15) is 11.8 Å². The summed E-state index contributed by atoms with van der Waals surface area (Å²) in [6.07, 6.45) is 0.287. The summed E-state index contributed by atoms with van der Waals surface area (Å²) >= 11 is 1.88. The molecule has 0 bridgehead atoms. The lowest BCUT2D eigenvalue weighted by Gasteiger charge is -2.03. The van der Waals surface area contributed by atoms with Crippen LogP contribution < -0.4 is 5.73 Å². The van der Waals surface area contributed by atoms with Crippen LogP contribution in [0.2, 0.25) is 0 Å². The molecule has 2 aliphatic heterocycles. The van der Waals surface area contributed by atoms with E-state index in [0.29, 0.717) is 12.1 Å². The zero-order valence-corrected chi connectivity index (χ0v) is 5.73. The fourth-order valence-corrected chi connectivity index (χ4v) is 2.29. The Labute approximate surface area is 57.7 Å². The van der Waals surface area contributed by atoms with E-state index >= 15 is 0 Å². The van der Waals surface area contributed by atoms with Gasteiger partial charge in [0, 0.05) is 11.5 Å². The fraction of sp³-hybridized carbons (Fsp3) is 0.800. The van der Waals surface area contributed by atoms with Gasteiger partial charge in [-0.3, -0.25) is 0 Å². The highest BCUT2D eigenvalue weighted by Gasteiger charge is 2.34. The second kappa shape index (κ2) is 1.80. The summed E-state index contributed by atoms with van der Waals surface area (Å²) in [5.41, 5.74) is 5.34. The van der Waals surface area contributed by atoms with E-state index in [2.05, 4.69) is 4.99 Å². The molecule has 0 spiro atoms. The van der Waals surface area contributed by atoms with E-state index in [1.165, 1.54) is 0 Å². The van der Waals surface area contributed by atoms with Crippen molar-refractivity contribution in [2.75, 3.05) is 11.5 Å². The first-order valence-corrected chi connectivity index (χ1v) is 4.09. The van der Waals surface area contributed by atoms with Crippen LogP contribution in [0.25, 0.3) is 0 Å². The van der Waals surface area contributed by atoms with Crippen LogP contribution in [0.1, 0.15) is 0 Å². The van der Waals surface area contributed by atoms with Crippen LogP contribution in [0.5, 0.6) is 0 Å². The van der Waals surface area contributed by atoms with Gasteiger partial charge >= 0.3 is 0 Å². The molecule has 0 saturated carbocycles. The largest absolute Gasteiger partial charge is 0.459 e. The zero-order valence-electron chi connectivity index (χ0n) is 4.91. The van der Waals surface area contributed by atoms with Crippen molar-refractivity contribution < 1.29 is 4.74 Å². The maximum absolute atomic E-state index is 5.34. The normalized spacial score (nSPS) is 39.8. The summed E-state index contributed by atoms with van der Waals surface area (Å²) in [6, 6.07) is 0.736. The summed E-state index contributed by atoms with van der Waals surface area (Å²) in [4.78, 5) is 4.10. The van der Waals surface area contributed by atoms with Gasteiger partial charge in [-0.25, -0.2) is 4.99 Å². The molecule has 3 nitrogen and oxygen atoms in total. The van der Waals surface area contributed by atoms with Gasteiger partial charge in [0.1, 0.15) is 12.1 Å². The molecule has 9 heavy (non-hydrogen) atoms. The van der Waals surface area contributed by atoms with Gasteiger partial charge < -0.3 is 10.5 Å². The molecule has 0 unspecified atom stereocenters. The van der Waals surface area contributed by atoms with E-state index in [1.807, 2.05) is 11.8 Å². The molecule has 1 fully saturated rings. The zero-order chi connectivity index (χ0) is 6.27. The SMILES string of the molecule is NC1=N[C@H]2CSC[C@H]2O1. The van der Waals surface area contributed by atoms with Crippen LogP contribution in [0.3, 0.4) is 0 Å². The first kappa shape index (κ1) is 5.41. The minimum absolute atomic E-state index is 0.287. The number of fused-ring (bicyclic) bond motifs is 1. The number of amidine groups is 1. The number of hydrogen-bond donors (Lipinski definition) is 1. The highest BCUT2D eigenvalue weighted by atomic mass is 32.2. The summed E-state index contributed by atoms with van der Waals surface area (Å²) in [5.74, 6) is 2.13. The highest BCUT2D eigenvalue weighted by molar-refractivity contribution is 7.99. The van der Waals surface area contributed by atoms with Crippen LogP contribution in [0, 0.1) is 0 Å². The predicted molar refractivity (Wildman–Crippen MR) is 37.6 cm³/mol. The van der Waals surface area contributed by atoms with Gasteiger partial charge in [-0.15, -0.1) is 0 Å². The second-order valence-electron chi connectivity index (χ2n) is 2.23. The molecule has 2 aliphatic rings. The van der Waals surface area contributed by atoms with Crippen molar-refractivity contribution in [1.82, 2.24) is 0 Å². The summed E-state index contributed by atoms with van der Waals surface area (Å²) in [5, 5.41) is 0. The Balaban J connectivity index is 2.13. The molecule has 0 aromatic heterocycles. The van der Waals surface area contributed by atoms with Crippen molar-refractivity contribution in [2.45, 2.75) is 12.1 Å². The van der Waals surface area contributed by atoms with E-state index in [-0.39, 0.29) is 6.10 Å². The predicted octanol–water partition coefficient (Wildman–Crippen LogP) is -0.185. The Morgan fingerprint density at radius 2 is 2.56 bits per heavy atom. The Bertz CT molecular complexity index is 159. The molecule has 0 aromatic carbocycles. The quantitative estimate of drug-likeness (QED) is 0.513. The molecule has 1 saturated heterocycles. The standard InChI is InChI=1S/C5H8N2OS/c6-5-7-3-1-9-2-4(3)8-5/h3-4H,1-2H2,(H2,6,7)/t3-,4+/m0/s1. The monoisotopic (exact) mass is 144 g/mol. The Kier molecular flexibility index (Phi) is 1.08. The van der Waals surface area contributed by atoms with Crippen LogP contribution in [0.4, 0.5) is 0 Å². The average molecular weight is 144 g/mol. The molecular weight excluding hydrogens is 136 g/mol. The van der Waals surface area contributed by atoms with Crippen molar-refractivity contribution in [3.8, 4) is 0 Å². The number of nitrogens with two attached hydrogens (primary N) is 1. The highest BCUT2D eigenvalue weighted by Crippen LogP contribution is 2.26. The number of ether oxygens (including phenoxy) is 1. The van der Waals surface area contributed by atoms with Gasteiger partial charge in [-0.1, -0.05) is 0 Å². The number of thioether (sulfide) groups is 1. The maximum Gasteiger partial charge on any atom is 0.282 e. The molecular formula is C5H8N2OS. The fourth-order valence-electron chi connectivity index (χ4n) is 1.11. The summed E-state index contributed by atoms with van der Waals surface area (Å²) < 4.78 is 5.19. The first-order valence-electron chi connectivity index (χ1n) is 2.94. The summed E-state index contributed by atoms with van der Waals surface area (Å²) in [6.45, 7) is 0. The molecule has 0 radical (unpaired) electrons. The Morgan fingerprint density at radius 1 is 1.67 bits per heavy atom. The van der Waals surface area contributed by atoms with E-state index in [1.54, 1.807) is 0 Å². The molecule has 50 valence electrons. The van der Waals surface area contributed by atoms with Gasteiger partial charge in [0.15, 0.2) is 0 Å². The van der Waals surface area contributed by atoms with Gasteiger partial charge in [0.25, 0.3) is 6.02 Å². The van der Waals surface area contributed by atoms with Crippen molar-refractivity contribution in [1.29, 1.82) is 0 Å². The minimum atomic E-state index is 0.287. The molecule has 0 aliphatic carbocycles. The molecule has 0 amide bonds. The van der Waals surface area contributed by atoms with Crippen molar-refractivity contribution in [3.05, 3.63) is 0 Å². The van der Waals surface area contributed by atoms with E-state index < -0.39 is 0 Å². The number of rotatable bonds is 0. The van der Waals surface area contributed by atoms with E-state index in [0.717, 1.165) is 11.5 Å². The topological polar surface area (TPSA) is 47.6 Å².